The Balaban J connectivity index is 1.57. The monoisotopic (exact) mass is 264 g/mol. The minimum absolute atomic E-state index is 0.101. The van der Waals surface area contributed by atoms with Crippen molar-refractivity contribution in [3.05, 3.63) is 24.2 Å². The molecule has 0 saturated heterocycles. The lowest BCUT2D eigenvalue weighted by Gasteiger charge is -2.16. The molecule has 0 bridgehead atoms. The highest BCUT2D eigenvalue weighted by Gasteiger charge is 2.28. The predicted octanol–water partition coefficient (Wildman–Crippen LogP) is 2.10. The molecule has 1 saturated carbocycles. The van der Waals surface area contributed by atoms with Crippen LogP contribution < -0.4 is 10.6 Å². The van der Waals surface area contributed by atoms with Crippen molar-refractivity contribution >= 4 is 5.91 Å². The molecule has 1 amide bonds. The Morgan fingerprint density at radius 3 is 2.89 bits per heavy atom. The van der Waals surface area contributed by atoms with Gasteiger partial charge in [0, 0.05) is 18.5 Å². The average molecular weight is 264 g/mol. The fraction of sp³-hybridized carbons (Fsp3) is 0.667. The zero-order chi connectivity index (χ0) is 13.7. The van der Waals surface area contributed by atoms with Crippen LogP contribution in [0.3, 0.4) is 0 Å². The summed E-state index contributed by atoms with van der Waals surface area (Å²) in [6, 6.07) is 4.52. The van der Waals surface area contributed by atoms with Gasteiger partial charge in [0.2, 0.25) is 5.91 Å². The molecule has 19 heavy (non-hydrogen) atoms. The maximum Gasteiger partial charge on any atom is 0.234 e. The van der Waals surface area contributed by atoms with Crippen LogP contribution in [-0.2, 0) is 11.2 Å². The maximum atomic E-state index is 11.7. The predicted molar refractivity (Wildman–Crippen MR) is 74.8 cm³/mol. The Morgan fingerprint density at radius 2 is 2.26 bits per heavy atom. The Bertz CT molecular complexity index is 385. The molecule has 1 aliphatic rings. The number of aryl methyl sites for hydroxylation is 1. The Morgan fingerprint density at radius 1 is 1.47 bits per heavy atom. The summed E-state index contributed by atoms with van der Waals surface area (Å²) in [6.45, 7) is 4.59. The average Bonchev–Trinajstić information content (AvgIpc) is 3.11. The molecule has 0 unspecified atom stereocenters. The van der Waals surface area contributed by atoms with Gasteiger partial charge < -0.3 is 15.1 Å². The summed E-state index contributed by atoms with van der Waals surface area (Å²) in [4.78, 5) is 11.7. The van der Waals surface area contributed by atoms with Crippen molar-refractivity contribution in [1.82, 2.24) is 10.6 Å². The lowest BCUT2D eigenvalue weighted by molar-refractivity contribution is -0.121. The highest BCUT2D eigenvalue weighted by Crippen LogP contribution is 2.32. The van der Waals surface area contributed by atoms with Crippen LogP contribution in [0.5, 0.6) is 0 Å². The van der Waals surface area contributed by atoms with Gasteiger partial charge in [-0.3, -0.25) is 4.79 Å². The highest BCUT2D eigenvalue weighted by molar-refractivity contribution is 5.78. The quantitative estimate of drug-likeness (QED) is 0.756. The number of furan rings is 1. The molecule has 1 fully saturated rings. The third-order valence-electron chi connectivity index (χ3n) is 3.73. The normalized spacial score (nSPS) is 18.0. The summed E-state index contributed by atoms with van der Waals surface area (Å²) in [5.74, 6) is 1.81. The number of carbonyl (C=O) groups excluding carboxylic acids is 1. The second-order valence-electron chi connectivity index (χ2n) is 5.59. The molecule has 0 spiro atoms. The van der Waals surface area contributed by atoms with E-state index in [0.717, 1.165) is 18.6 Å². The van der Waals surface area contributed by atoms with Crippen LogP contribution in [-0.4, -0.2) is 24.5 Å². The van der Waals surface area contributed by atoms with Gasteiger partial charge in [-0.25, -0.2) is 0 Å². The summed E-state index contributed by atoms with van der Waals surface area (Å²) in [6.07, 6.45) is 6.09. The Labute approximate surface area is 114 Å². The third-order valence-corrected chi connectivity index (χ3v) is 3.73. The van der Waals surface area contributed by atoms with Crippen molar-refractivity contribution in [1.29, 1.82) is 0 Å². The Kier molecular flexibility index (Phi) is 5.02. The van der Waals surface area contributed by atoms with Crippen LogP contribution >= 0.6 is 0 Å². The smallest absolute Gasteiger partial charge is 0.234 e. The number of rotatable bonds is 8. The molecule has 1 aromatic heterocycles. The molecule has 2 rings (SSSR count). The van der Waals surface area contributed by atoms with E-state index in [4.69, 9.17) is 4.42 Å². The molecule has 1 heterocycles. The van der Waals surface area contributed by atoms with Gasteiger partial charge >= 0.3 is 0 Å². The number of carbonyl (C=O) groups is 1. The van der Waals surface area contributed by atoms with Gasteiger partial charge in [-0.05, 0) is 51.2 Å². The van der Waals surface area contributed by atoms with Gasteiger partial charge in [-0.1, -0.05) is 0 Å². The number of amides is 1. The third kappa shape index (κ3) is 5.07. The molecule has 1 aromatic rings. The van der Waals surface area contributed by atoms with Crippen LogP contribution in [0.15, 0.2) is 22.8 Å². The molecule has 0 aromatic carbocycles. The first kappa shape index (κ1) is 14.1. The number of hydrogen-bond donors (Lipinski definition) is 2. The van der Waals surface area contributed by atoms with Crippen molar-refractivity contribution in [2.75, 3.05) is 6.54 Å². The van der Waals surface area contributed by atoms with Crippen LogP contribution in [0, 0.1) is 5.92 Å². The summed E-state index contributed by atoms with van der Waals surface area (Å²) < 4.78 is 5.29. The first-order valence-electron chi connectivity index (χ1n) is 7.20. The van der Waals surface area contributed by atoms with Crippen molar-refractivity contribution in [2.45, 2.75) is 51.6 Å². The molecule has 4 nitrogen and oxygen atoms in total. The summed E-state index contributed by atoms with van der Waals surface area (Å²) in [5.41, 5.74) is 0. The fourth-order valence-corrected chi connectivity index (χ4v) is 2.20. The summed E-state index contributed by atoms with van der Waals surface area (Å²) >= 11 is 0. The van der Waals surface area contributed by atoms with Crippen LogP contribution in [0.25, 0.3) is 0 Å². The molecule has 1 aliphatic carbocycles. The van der Waals surface area contributed by atoms with Crippen LogP contribution in [0.4, 0.5) is 0 Å². The molecule has 2 atom stereocenters. The molecule has 2 N–H and O–H groups in total. The van der Waals surface area contributed by atoms with E-state index < -0.39 is 0 Å². The van der Waals surface area contributed by atoms with E-state index in [1.54, 1.807) is 6.26 Å². The lowest BCUT2D eigenvalue weighted by atomic mass is 10.1. The van der Waals surface area contributed by atoms with Gasteiger partial charge in [0.15, 0.2) is 0 Å². The Hall–Kier alpha value is -1.29. The molecule has 106 valence electrons. The zero-order valence-corrected chi connectivity index (χ0v) is 11.8. The SMILES string of the molecule is C[C@@H](CCc1ccco1)NCC(=O)N[C@H](C)C1CC1. The van der Waals surface area contributed by atoms with Crippen molar-refractivity contribution in [3.63, 3.8) is 0 Å². The van der Waals surface area contributed by atoms with E-state index in [-0.39, 0.29) is 5.91 Å². The van der Waals surface area contributed by atoms with Crippen molar-refractivity contribution < 1.29 is 9.21 Å². The van der Waals surface area contributed by atoms with Gasteiger partial charge in [0.05, 0.1) is 12.8 Å². The maximum absolute atomic E-state index is 11.7. The molecular formula is C15H24N2O2. The topological polar surface area (TPSA) is 54.3 Å². The van der Waals surface area contributed by atoms with Gasteiger partial charge in [-0.2, -0.15) is 0 Å². The number of hydrogen-bond acceptors (Lipinski definition) is 3. The molecule has 0 aliphatic heterocycles. The van der Waals surface area contributed by atoms with Crippen LogP contribution in [0.1, 0.15) is 38.9 Å². The summed E-state index contributed by atoms with van der Waals surface area (Å²) in [7, 11) is 0. The van der Waals surface area contributed by atoms with E-state index in [1.807, 2.05) is 12.1 Å². The van der Waals surface area contributed by atoms with E-state index in [1.165, 1.54) is 12.8 Å². The zero-order valence-electron chi connectivity index (χ0n) is 11.8. The largest absolute Gasteiger partial charge is 0.469 e. The van der Waals surface area contributed by atoms with Crippen LogP contribution in [0.2, 0.25) is 0 Å². The van der Waals surface area contributed by atoms with Crippen molar-refractivity contribution in [2.24, 2.45) is 5.92 Å². The van der Waals surface area contributed by atoms with Gasteiger partial charge in [-0.15, -0.1) is 0 Å². The van der Waals surface area contributed by atoms with Gasteiger partial charge in [0.1, 0.15) is 5.76 Å². The van der Waals surface area contributed by atoms with E-state index in [9.17, 15) is 4.79 Å². The number of nitrogens with one attached hydrogen (secondary N) is 2. The molecule has 0 radical (unpaired) electrons. The fourth-order valence-electron chi connectivity index (χ4n) is 2.20. The highest BCUT2D eigenvalue weighted by atomic mass is 16.3. The second kappa shape index (κ2) is 6.75. The van der Waals surface area contributed by atoms with E-state index in [2.05, 4.69) is 24.5 Å². The minimum atomic E-state index is 0.101. The van der Waals surface area contributed by atoms with Crippen molar-refractivity contribution in [3.8, 4) is 0 Å². The minimum Gasteiger partial charge on any atom is -0.469 e. The van der Waals surface area contributed by atoms with E-state index >= 15 is 0 Å². The molecular weight excluding hydrogens is 240 g/mol. The lowest BCUT2D eigenvalue weighted by Crippen LogP contribution is -2.42. The van der Waals surface area contributed by atoms with E-state index in [0.29, 0.717) is 24.5 Å². The first-order valence-corrected chi connectivity index (χ1v) is 7.20. The summed E-state index contributed by atoms with van der Waals surface area (Å²) in [5, 5.41) is 6.30. The second-order valence-corrected chi connectivity index (χ2v) is 5.59. The van der Waals surface area contributed by atoms with Gasteiger partial charge in [0.25, 0.3) is 0 Å². The first-order chi connectivity index (χ1) is 9.15. The standard InChI is InChI=1S/C15H24N2O2/c1-11(5-8-14-4-3-9-19-14)16-10-15(18)17-12(2)13-6-7-13/h3-4,9,11-13,16H,5-8,10H2,1-2H3,(H,17,18)/t11-,12+/m0/s1. The molecule has 4 heteroatoms.